The van der Waals surface area contributed by atoms with Crippen molar-refractivity contribution in [2.24, 2.45) is 11.5 Å². The van der Waals surface area contributed by atoms with Gasteiger partial charge in [0.2, 0.25) is 0 Å². The Kier molecular flexibility index (Phi) is 10.1. The van der Waals surface area contributed by atoms with Crippen LogP contribution in [0.4, 0.5) is 0 Å². The minimum Gasteiger partial charge on any atom is -0.395 e. The Morgan fingerprint density at radius 2 is 1.93 bits per heavy atom. The van der Waals surface area contributed by atoms with Gasteiger partial charge in [0, 0.05) is 32.1 Å². The fourth-order valence-electron chi connectivity index (χ4n) is 1.23. The first-order valence-electron chi connectivity index (χ1n) is 5.39. The van der Waals surface area contributed by atoms with Gasteiger partial charge in [-0.2, -0.15) is 0 Å². The lowest BCUT2D eigenvalue weighted by Crippen LogP contribution is -2.39. The van der Waals surface area contributed by atoms with Crippen LogP contribution < -0.4 is 22.1 Å². The number of hydrogen-bond acceptors (Lipinski definition) is 6. The van der Waals surface area contributed by atoms with Crippen molar-refractivity contribution in [3.63, 3.8) is 0 Å². The number of aliphatic hydroxyl groups is 2. The summed E-state index contributed by atoms with van der Waals surface area (Å²) in [6.07, 6.45) is 0.712. The average Bonchev–Trinajstić information content (AvgIpc) is 2.21. The number of aliphatic hydroxyl groups excluding tert-OH is 2. The van der Waals surface area contributed by atoms with E-state index in [2.05, 4.69) is 10.6 Å². The van der Waals surface area contributed by atoms with Gasteiger partial charge < -0.3 is 27.0 Å². The Balaban J connectivity index is 3.33. The number of nitrogens with two attached hydrogens (primary N) is 2. The van der Waals surface area contributed by atoms with E-state index in [0.717, 1.165) is 13.0 Å². The summed E-state index contributed by atoms with van der Waals surface area (Å²) in [6.45, 7) is 2.57. The van der Waals surface area contributed by atoms with Gasteiger partial charge in [-0.15, -0.1) is 0 Å². The van der Waals surface area contributed by atoms with Crippen LogP contribution in [0.25, 0.3) is 0 Å². The fourth-order valence-corrected chi connectivity index (χ4v) is 1.23. The highest BCUT2D eigenvalue weighted by molar-refractivity contribution is 4.67. The zero-order valence-electron chi connectivity index (χ0n) is 9.15. The maximum absolute atomic E-state index is 9.45. The van der Waals surface area contributed by atoms with E-state index in [1.807, 2.05) is 0 Å². The van der Waals surface area contributed by atoms with Crippen LogP contribution in [-0.4, -0.2) is 55.3 Å². The molecule has 0 aliphatic rings. The SMILES string of the molecule is NCCNC(O)CC(N)CCNCCO. The summed E-state index contributed by atoms with van der Waals surface area (Å²) in [5.74, 6) is 0. The Bertz CT molecular complexity index is 137. The van der Waals surface area contributed by atoms with Crippen LogP contribution in [0.5, 0.6) is 0 Å². The third-order valence-electron chi connectivity index (χ3n) is 2.03. The van der Waals surface area contributed by atoms with Gasteiger partial charge in [-0.3, -0.25) is 5.32 Å². The average molecular weight is 220 g/mol. The Hall–Kier alpha value is -0.240. The highest BCUT2D eigenvalue weighted by Crippen LogP contribution is 1.96. The number of hydrogen-bond donors (Lipinski definition) is 6. The molecule has 0 spiro atoms. The Labute approximate surface area is 91.0 Å². The van der Waals surface area contributed by atoms with E-state index in [0.29, 0.717) is 26.1 Å². The van der Waals surface area contributed by atoms with Crippen LogP contribution in [0.15, 0.2) is 0 Å². The van der Waals surface area contributed by atoms with Gasteiger partial charge in [0.1, 0.15) is 6.23 Å². The van der Waals surface area contributed by atoms with E-state index in [1.54, 1.807) is 0 Å². The van der Waals surface area contributed by atoms with Crippen molar-refractivity contribution in [3.05, 3.63) is 0 Å². The lowest BCUT2D eigenvalue weighted by molar-refractivity contribution is 0.120. The monoisotopic (exact) mass is 220 g/mol. The maximum Gasteiger partial charge on any atom is 0.106 e. The molecule has 0 rings (SSSR count). The van der Waals surface area contributed by atoms with E-state index in [1.165, 1.54) is 0 Å². The zero-order chi connectivity index (χ0) is 11.5. The van der Waals surface area contributed by atoms with Crippen molar-refractivity contribution in [2.75, 3.05) is 32.8 Å². The summed E-state index contributed by atoms with van der Waals surface area (Å²) < 4.78 is 0. The van der Waals surface area contributed by atoms with Crippen molar-refractivity contribution in [1.82, 2.24) is 10.6 Å². The quantitative estimate of drug-likeness (QED) is 0.180. The van der Waals surface area contributed by atoms with Crippen LogP contribution in [0, 0.1) is 0 Å². The molecule has 0 amide bonds. The minimum absolute atomic E-state index is 0.0449. The highest BCUT2D eigenvalue weighted by atomic mass is 16.3. The van der Waals surface area contributed by atoms with E-state index in [-0.39, 0.29) is 12.6 Å². The third-order valence-corrected chi connectivity index (χ3v) is 2.03. The molecule has 2 unspecified atom stereocenters. The molecule has 0 aromatic carbocycles. The molecular weight excluding hydrogens is 196 g/mol. The molecule has 92 valence electrons. The summed E-state index contributed by atoms with van der Waals surface area (Å²) in [5, 5.41) is 23.9. The lowest BCUT2D eigenvalue weighted by Gasteiger charge is -2.17. The fraction of sp³-hybridized carbons (Fsp3) is 1.00. The molecule has 0 bridgehead atoms. The third kappa shape index (κ3) is 10.1. The van der Waals surface area contributed by atoms with Crippen molar-refractivity contribution in [3.8, 4) is 0 Å². The van der Waals surface area contributed by atoms with Crippen LogP contribution in [-0.2, 0) is 0 Å². The molecule has 0 radical (unpaired) electrons. The molecular formula is C9H24N4O2. The molecule has 0 aromatic rings. The van der Waals surface area contributed by atoms with Gasteiger partial charge in [-0.05, 0) is 13.0 Å². The van der Waals surface area contributed by atoms with Crippen molar-refractivity contribution < 1.29 is 10.2 Å². The maximum atomic E-state index is 9.45. The van der Waals surface area contributed by atoms with E-state index in [9.17, 15) is 5.11 Å². The first-order valence-corrected chi connectivity index (χ1v) is 5.39. The molecule has 0 aliphatic carbocycles. The molecule has 0 aliphatic heterocycles. The molecule has 15 heavy (non-hydrogen) atoms. The standard InChI is InChI=1S/C9H24N4O2/c10-2-4-13-9(15)7-8(11)1-3-12-5-6-14/h8-9,12-15H,1-7,10-11H2. The smallest absolute Gasteiger partial charge is 0.106 e. The first kappa shape index (κ1) is 14.8. The van der Waals surface area contributed by atoms with Crippen molar-refractivity contribution >= 4 is 0 Å². The van der Waals surface area contributed by atoms with Gasteiger partial charge in [-0.25, -0.2) is 0 Å². The summed E-state index contributed by atoms with van der Waals surface area (Å²) >= 11 is 0. The van der Waals surface area contributed by atoms with Gasteiger partial charge in [-0.1, -0.05) is 0 Å². The molecule has 6 nitrogen and oxygen atoms in total. The van der Waals surface area contributed by atoms with E-state index in [4.69, 9.17) is 16.6 Å². The molecule has 2 atom stereocenters. The molecule has 6 heteroatoms. The summed E-state index contributed by atoms with van der Waals surface area (Å²) in [6, 6.07) is -0.0449. The van der Waals surface area contributed by atoms with E-state index >= 15 is 0 Å². The second-order valence-corrected chi connectivity index (χ2v) is 3.52. The Morgan fingerprint density at radius 3 is 2.53 bits per heavy atom. The van der Waals surface area contributed by atoms with Crippen LogP contribution >= 0.6 is 0 Å². The summed E-state index contributed by atoms with van der Waals surface area (Å²) in [5.41, 5.74) is 11.1. The normalized spacial score (nSPS) is 15.2. The van der Waals surface area contributed by atoms with Gasteiger partial charge in [0.25, 0.3) is 0 Å². The summed E-state index contributed by atoms with van der Waals surface area (Å²) in [7, 11) is 0. The first-order chi connectivity index (χ1) is 7.20. The van der Waals surface area contributed by atoms with Gasteiger partial charge >= 0.3 is 0 Å². The minimum atomic E-state index is -0.582. The molecule has 8 N–H and O–H groups in total. The predicted octanol–water partition coefficient (Wildman–Crippen LogP) is -2.46. The lowest BCUT2D eigenvalue weighted by atomic mass is 10.1. The van der Waals surface area contributed by atoms with Crippen LogP contribution in [0.3, 0.4) is 0 Å². The molecule has 0 aromatic heterocycles. The largest absolute Gasteiger partial charge is 0.395 e. The van der Waals surface area contributed by atoms with Gasteiger partial charge in [0.15, 0.2) is 0 Å². The topological polar surface area (TPSA) is 117 Å². The van der Waals surface area contributed by atoms with Crippen LogP contribution in [0.2, 0.25) is 0 Å². The van der Waals surface area contributed by atoms with E-state index < -0.39 is 6.23 Å². The second-order valence-electron chi connectivity index (χ2n) is 3.52. The van der Waals surface area contributed by atoms with Crippen molar-refractivity contribution in [2.45, 2.75) is 25.1 Å². The van der Waals surface area contributed by atoms with Crippen LogP contribution in [0.1, 0.15) is 12.8 Å². The molecule has 0 saturated carbocycles. The Morgan fingerprint density at radius 1 is 1.20 bits per heavy atom. The highest BCUT2D eigenvalue weighted by Gasteiger charge is 2.09. The molecule has 0 heterocycles. The number of rotatable bonds is 10. The van der Waals surface area contributed by atoms with Gasteiger partial charge in [0.05, 0.1) is 6.61 Å². The van der Waals surface area contributed by atoms with Crippen molar-refractivity contribution in [1.29, 1.82) is 0 Å². The summed E-state index contributed by atoms with van der Waals surface area (Å²) in [4.78, 5) is 0. The second kappa shape index (κ2) is 10.3. The molecule has 0 fully saturated rings. The predicted molar refractivity (Wildman–Crippen MR) is 60.2 cm³/mol. The zero-order valence-corrected chi connectivity index (χ0v) is 9.15. The number of nitrogens with one attached hydrogen (secondary N) is 2. The molecule has 0 saturated heterocycles.